The van der Waals surface area contributed by atoms with E-state index in [-0.39, 0.29) is 6.04 Å². The van der Waals surface area contributed by atoms with E-state index in [2.05, 4.69) is 16.4 Å². The Bertz CT molecular complexity index is 1090. The van der Waals surface area contributed by atoms with Crippen molar-refractivity contribution < 1.29 is 0 Å². The fourth-order valence-corrected chi connectivity index (χ4v) is 3.74. The first-order chi connectivity index (χ1) is 13.5. The lowest BCUT2D eigenvalue weighted by Gasteiger charge is -2.26. The van der Waals surface area contributed by atoms with Gasteiger partial charge in [0, 0.05) is 48.1 Å². The van der Waals surface area contributed by atoms with Crippen LogP contribution in [-0.4, -0.2) is 15.3 Å². The summed E-state index contributed by atoms with van der Waals surface area (Å²) in [4.78, 5) is 4.54. The Morgan fingerprint density at radius 3 is 2.96 bits per heavy atom. The zero-order valence-electron chi connectivity index (χ0n) is 15.7. The zero-order chi connectivity index (χ0) is 19.7. The maximum atomic E-state index is 9.11. The fraction of sp³-hybridized carbons (Fsp3) is 0.227. The number of aromatic nitrogens is 2. The van der Waals surface area contributed by atoms with Gasteiger partial charge < -0.3 is 15.6 Å². The second-order valence-electron chi connectivity index (χ2n) is 7.21. The Morgan fingerprint density at radius 2 is 2.21 bits per heavy atom. The van der Waals surface area contributed by atoms with Crippen molar-refractivity contribution in [2.45, 2.75) is 25.3 Å². The van der Waals surface area contributed by atoms with Crippen LogP contribution in [0.3, 0.4) is 0 Å². The van der Waals surface area contributed by atoms with Gasteiger partial charge >= 0.3 is 0 Å². The standard InChI is InChI=1S/C22H22N6/c1-28-8-7-16(13-28)21(25)18-10-17(5-6-19(18)24)27-20-4-2-3-15-9-14(11-23)12-26-22(15)20/h5-10,12-13,20,25,27H,2-4,24H2,1H3/t20-/m1/s1. The number of rotatable bonds is 4. The highest BCUT2D eigenvalue weighted by molar-refractivity contribution is 6.14. The number of nitrogen functional groups attached to an aromatic ring is 1. The third kappa shape index (κ3) is 3.35. The molecule has 0 aliphatic heterocycles. The van der Waals surface area contributed by atoms with Gasteiger partial charge in [-0.2, -0.15) is 5.26 Å². The number of benzene rings is 1. The van der Waals surface area contributed by atoms with E-state index in [9.17, 15) is 0 Å². The number of fused-ring (bicyclic) bond motifs is 1. The average Bonchev–Trinajstić information content (AvgIpc) is 3.15. The molecule has 4 rings (SSSR count). The molecular weight excluding hydrogens is 348 g/mol. The summed E-state index contributed by atoms with van der Waals surface area (Å²) in [6, 6.07) is 11.8. The van der Waals surface area contributed by atoms with Crippen LogP contribution >= 0.6 is 0 Å². The molecule has 0 bridgehead atoms. The van der Waals surface area contributed by atoms with Gasteiger partial charge in [-0.05, 0) is 55.2 Å². The summed E-state index contributed by atoms with van der Waals surface area (Å²) >= 11 is 0. The van der Waals surface area contributed by atoms with E-state index in [1.807, 2.05) is 54.3 Å². The smallest absolute Gasteiger partial charge is 0.101 e. The molecule has 0 fully saturated rings. The summed E-state index contributed by atoms with van der Waals surface area (Å²) in [7, 11) is 1.93. The number of nitrogens with zero attached hydrogens (tertiary/aromatic N) is 3. The van der Waals surface area contributed by atoms with Crippen LogP contribution in [0.4, 0.5) is 11.4 Å². The quantitative estimate of drug-likeness (QED) is 0.480. The molecule has 2 heterocycles. The van der Waals surface area contributed by atoms with Crippen molar-refractivity contribution in [2.24, 2.45) is 7.05 Å². The lowest BCUT2D eigenvalue weighted by atomic mass is 9.90. The molecule has 2 aromatic heterocycles. The predicted octanol–water partition coefficient (Wildman–Crippen LogP) is 3.78. The molecule has 1 aliphatic carbocycles. The third-order valence-corrected chi connectivity index (χ3v) is 5.18. The highest BCUT2D eigenvalue weighted by atomic mass is 15.0. The van der Waals surface area contributed by atoms with Gasteiger partial charge in [0.05, 0.1) is 23.0 Å². The number of aryl methyl sites for hydroxylation is 2. The Hall–Kier alpha value is -3.59. The number of hydrogen-bond donors (Lipinski definition) is 3. The summed E-state index contributed by atoms with van der Waals surface area (Å²) < 4.78 is 1.92. The van der Waals surface area contributed by atoms with Crippen LogP contribution in [0, 0.1) is 16.7 Å². The second-order valence-corrected chi connectivity index (χ2v) is 7.21. The fourth-order valence-electron chi connectivity index (χ4n) is 3.74. The van der Waals surface area contributed by atoms with Crippen molar-refractivity contribution >= 4 is 17.1 Å². The van der Waals surface area contributed by atoms with Crippen molar-refractivity contribution in [3.63, 3.8) is 0 Å². The molecule has 1 aromatic carbocycles. The normalized spacial score (nSPS) is 15.5. The van der Waals surface area contributed by atoms with Gasteiger partial charge in [0.15, 0.2) is 0 Å². The van der Waals surface area contributed by atoms with Gasteiger partial charge in [-0.25, -0.2) is 0 Å². The topological polar surface area (TPSA) is 104 Å². The molecule has 1 atom stereocenters. The minimum absolute atomic E-state index is 0.0823. The molecule has 0 unspecified atom stereocenters. The summed E-state index contributed by atoms with van der Waals surface area (Å²) in [6.45, 7) is 0. The van der Waals surface area contributed by atoms with E-state index in [4.69, 9.17) is 16.4 Å². The molecule has 0 spiro atoms. The molecule has 0 saturated carbocycles. The summed E-state index contributed by atoms with van der Waals surface area (Å²) in [6.07, 6.45) is 8.43. The van der Waals surface area contributed by atoms with E-state index in [1.54, 1.807) is 6.20 Å². The second kappa shape index (κ2) is 7.20. The summed E-state index contributed by atoms with van der Waals surface area (Å²) in [5.74, 6) is 0. The van der Waals surface area contributed by atoms with Gasteiger partial charge in [-0.3, -0.25) is 10.4 Å². The molecular formula is C22H22N6. The van der Waals surface area contributed by atoms with Crippen molar-refractivity contribution in [3.05, 3.63) is 76.9 Å². The number of nitrogens with one attached hydrogen (secondary N) is 2. The number of nitriles is 1. The average molecular weight is 370 g/mol. The SMILES string of the molecule is Cn1ccc(C(=N)c2cc(N[C@@H]3CCCc4cc(C#N)cnc43)ccc2N)c1. The first-order valence-electron chi connectivity index (χ1n) is 9.31. The minimum atomic E-state index is 0.0823. The lowest BCUT2D eigenvalue weighted by molar-refractivity contribution is 0.583. The maximum Gasteiger partial charge on any atom is 0.101 e. The van der Waals surface area contributed by atoms with E-state index >= 15 is 0 Å². The predicted molar refractivity (Wildman–Crippen MR) is 110 cm³/mol. The van der Waals surface area contributed by atoms with Crippen molar-refractivity contribution in [1.29, 1.82) is 10.7 Å². The molecule has 0 saturated heterocycles. The van der Waals surface area contributed by atoms with E-state index in [0.29, 0.717) is 22.5 Å². The van der Waals surface area contributed by atoms with Crippen LogP contribution < -0.4 is 11.1 Å². The Morgan fingerprint density at radius 1 is 1.36 bits per heavy atom. The van der Waals surface area contributed by atoms with Gasteiger partial charge in [0.25, 0.3) is 0 Å². The maximum absolute atomic E-state index is 9.11. The van der Waals surface area contributed by atoms with Crippen molar-refractivity contribution in [1.82, 2.24) is 9.55 Å². The monoisotopic (exact) mass is 370 g/mol. The summed E-state index contributed by atoms with van der Waals surface area (Å²) in [5.41, 5.74) is 12.3. The molecule has 0 amide bonds. The number of nitrogens with two attached hydrogens (primary N) is 1. The number of pyridine rings is 1. The summed E-state index contributed by atoms with van der Waals surface area (Å²) in [5, 5.41) is 21.2. The highest BCUT2D eigenvalue weighted by Gasteiger charge is 2.22. The van der Waals surface area contributed by atoms with Crippen LogP contribution in [0.15, 0.2) is 48.9 Å². The zero-order valence-corrected chi connectivity index (χ0v) is 15.7. The molecule has 6 nitrogen and oxygen atoms in total. The molecule has 28 heavy (non-hydrogen) atoms. The van der Waals surface area contributed by atoms with Crippen LogP contribution in [0.25, 0.3) is 0 Å². The van der Waals surface area contributed by atoms with Crippen LogP contribution in [0.2, 0.25) is 0 Å². The van der Waals surface area contributed by atoms with E-state index in [0.717, 1.165) is 41.8 Å². The molecule has 140 valence electrons. The van der Waals surface area contributed by atoms with E-state index in [1.165, 1.54) is 0 Å². The Kier molecular flexibility index (Phi) is 4.58. The van der Waals surface area contributed by atoms with Gasteiger partial charge in [0.2, 0.25) is 0 Å². The van der Waals surface area contributed by atoms with Gasteiger partial charge in [-0.15, -0.1) is 0 Å². The largest absolute Gasteiger partial charge is 0.398 e. The molecule has 4 N–H and O–H groups in total. The van der Waals surface area contributed by atoms with Crippen molar-refractivity contribution in [3.8, 4) is 6.07 Å². The Labute approximate surface area is 164 Å². The van der Waals surface area contributed by atoms with Gasteiger partial charge in [0.1, 0.15) is 6.07 Å². The first-order valence-corrected chi connectivity index (χ1v) is 9.31. The molecule has 3 aromatic rings. The highest BCUT2D eigenvalue weighted by Crippen LogP contribution is 2.32. The molecule has 1 aliphatic rings. The van der Waals surface area contributed by atoms with Crippen LogP contribution in [0.5, 0.6) is 0 Å². The minimum Gasteiger partial charge on any atom is -0.398 e. The first kappa shape index (κ1) is 17.8. The molecule has 0 radical (unpaired) electrons. The van der Waals surface area contributed by atoms with Crippen LogP contribution in [-0.2, 0) is 13.5 Å². The third-order valence-electron chi connectivity index (χ3n) is 5.18. The van der Waals surface area contributed by atoms with E-state index < -0.39 is 0 Å². The number of anilines is 2. The molecule has 6 heteroatoms. The van der Waals surface area contributed by atoms with Crippen molar-refractivity contribution in [2.75, 3.05) is 11.1 Å². The van der Waals surface area contributed by atoms with Gasteiger partial charge in [-0.1, -0.05) is 0 Å². The lowest BCUT2D eigenvalue weighted by Crippen LogP contribution is -2.19. The Balaban J connectivity index is 1.62. The number of hydrogen-bond acceptors (Lipinski definition) is 5. The van der Waals surface area contributed by atoms with Crippen LogP contribution in [0.1, 0.15) is 46.8 Å².